The van der Waals surface area contributed by atoms with Gasteiger partial charge >= 0.3 is 0 Å². The third-order valence-corrected chi connectivity index (χ3v) is 4.20. The van der Waals surface area contributed by atoms with Crippen molar-refractivity contribution in [2.75, 3.05) is 0 Å². The Kier molecular flexibility index (Phi) is 3.61. The molecule has 1 aliphatic carbocycles. The van der Waals surface area contributed by atoms with Gasteiger partial charge in [-0.1, -0.05) is 19.3 Å². The van der Waals surface area contributed by atoms with Crippen molar-refractivity contribution >= 4 is 29.3 Å². The minimum Gasteiger partial charge on any atom is -0.462 e. The number of nitrogens with zero attached hydrogens (tertiary/aromatic N) is 1. The summed E-state index contributed by atoms with van der Waals surface area (Å²) in [6.07, 6.45) is 7.42. The molecule has 1 aliphatic heterocycles. The first-order chi connectivity index (χ1) is 9.65. The predicted octanol–water partition coefficient (Wildman–Crippen LogP) is 2.98. The van der Waals surface area contributed by atoms with Crippen molar-refractivity contribution in [3.8, 4) is 0 Å². The molecule has 5 heteroatoms. The van der Waals surface area contributed by atoms with Crippen LogP contribution in [0.3, 0.4) is 0 Å². The first-order valence-electron chi connectivity index (χ1n) is 7.08. The highest BCUT2D eigenvalue weighted by molar-refractivity contribution is 7.80. The molecule has 1 saturated heterocycles. The van der Waals surface area contributed by atoms with E-state index in [0.717, 1.165) is 18.6 Å². The Bertz CT molecular complexity index is 570. The van der Waals surface area contributed by atoms with Crippen molar-refractivity contribution in [2.45, 2.75) is 45.1 Å². The van der Waals surface area contributed by atoms with Gasteiger partial charge in [0.1, 0.15) is 17.2 Å². The van der Waals surface area contributed by atoms with Crippen molar-refractivity contribution < 1.29 is 9.21 Å². The molecule has 1 aromatic heterocycles. The normalized spacial score (nSPS) is 22.6. The average molecular weight is 290 g/mol. The molecule has 1 amide bonds. The second-order valence-corrected chi connectivity index (χ2v) is 5.79. The van der Waals surface area contributed by atoms with Gasteiger partial charge in [-0.2, -0.15) is 0 Å². The highest BCUT2D eigenvalue weighted by Gasteiger charge is 2.36. The van der Waals surface area contributed by atoms with Gasteiger partial charge in [0.25, 0.3) is 5.91 Å². The number of carbonyl (C=O) groups is 1. The Morgan fingerprint density at radius 1 is 1.35 bits per heavy atom. The number of amides is 1. The van der Waals surface area contributed by atoms with Crippen molar-refractivity contribution in [3.05, 3.63) is 29.4 Å². The highest BCUT2D eigenvalue weighted by atomic mass is 32.1. The Balaban J connectivity index is 1.81. The van der Waals surface area contributed by atoms with E-state index < -0.39 is 0 Å². The van der Waals surface area contributed by atoms with Crippen LogP contribution in [0.25, 0.3) is 6.08 Å². The van der Waals surface area contributed by atoms with Crippen molar-refractivity contribution in [2.24, 2.45) is 0 Å². The fraction of sp³-hybridized carbons (Fsp3) is 0.467. The number of hydrogen-bond acceptors (Lipinski definition) is 3. The van der Waals surface area contributed by atoms with E-state index in [1.807, 2.05) is 19.1 Å². The van der Waals surface area contributed by atoms with Crippen LogP contribution in [0, 0.1) is 6.92 Å². The SMILES string of the molecule is Cc1ccc(C=C2NC(=S)N(C3CCCCC3)C2=O)o1. The Morgan fingerprint density at radius 3 is 2.75 bits per heavy atom. The van der Waals surface area contributed by atoms with Crippen LogP contribution in [0.15, 0.2) is 22.2 Å². The number of thiocarbonyl (C=S) groups is 1. The van der Waals surface area contributed by atoms with Crippen molar-refractivity contribution in [1.82, 2.24) is 10.2 Å². The highest BCUT2D eigenvalue weighted by Crippen LogP contribution is 2.27. The number of hydrogen-bond donors (Lipinski definition) is 1. The summed E-state index contributed by atoms with van der Waals surface area (Å²) in [7, 11) is 0. The molecule has 0 aromatic carbocycles. The number of aryl methyl sites for hydroxylation is 1. The smallest absolute Gasteiger partial charge is 0.276 e. The minimum absolute atomic E-state index is 0.0315. The molecule has 20 heavy (non-hydrogen) atoms. The zero-order valence-corrected chi connectivity index (χ0v) is 12.3. The summed E-state index contributed by atoms with van der Waals surface area (Å²) < 4.78 is 5.48. The first kappa shape index (κ1) is 13.4. The molecule has 0 unspecified atom stereocenters. The molecule has 1 saturated carbocycles. The van der Waals surface area contributed by atoms with Crippen LogP contribution in [-0.4, -0.2) is 22.0 Å². The van der Waals surface area contributed by atoms with Gasteiger partial charge in [-0.15, -0.1) is 0 Å². The average Bonchev–Trinajstić information content (AvgIpc) is 2.96. The van der Waals surface area contributed by atoms with Gasteiger partial charge in [-0.3, -0.25) is 9.69 Å². The van der Waals surface area contributed by atoms with E-state index in [2.05, 4.69) is 5.32 Å². The van der Waals surface area contributed by atoms with Gasteiger partial charge in [-0.05, 0) is 44.1 Å². The molecular formula is C15H18N2O2S. The molecule has 106 valence electrons. The van der Waals surface area contributed by atoms with Gasteiger partial charge < -0.3 is 9.73 Å². The minimum atomic E-state index is -0.0315. The molecule has 0 atom stereocenters. The fourth-order valence-electron chi connectivity index (χ4n) is 2.89. The molecular weight excluding hydrogens is 272 g/mol. The summed E-state index contributed by atoms with van der Waals surface area (Å²) in [5.74, 6) is 1.47. The Hall–Kier alpha value is -1.62. The Labute approximate surface area is 123 Å². The van der Waals surface area contributed by atoms with Gasteiger partial charge in [0, 0.05) is 12.1 Å². The third-order valence-electron chi connectivity index (χ3n) is 3.90. The van der Waals surface area contributed by atoms with Gasteiger partial charge in [-0.25, -0.2) is 0 Å². The van der Waals surface area contributed by atoms with Crippen LogP contribution in [-0.2, 0) is 4.79 Å². The van der Waals surface area contributed by atoms with E-state index in [1.165, 1.54) is 19.3 Å². The molecule has 4 nitrogen and oxygen atoms in total. The molecule has 2 heterocycles. The van der Waals surface area contributed by atoms with E-state index in [-0.39, 0.29) is 11.9 Å². The molecule has 0 radical (unpaired) electrons. The molecule has 1 N–H and O–H groups in total. The van der Waals surface area contributed by atoms with E-state index in [9.17, 15) is 4.79 Å². The number of furan rings is 1. The molecule has 3 rings (SSSR count). The van der Waals surface area contributed by atoms with Crippen LogP contribution in [0.1, 0.15) is 43.6 Å². The van der Waals surface area contributed by atoms with Crippen LogP contribution >= 0.6 is 12.2 Å². The number of carbonyl (C=O) groups excluding carboxylic acids is 1. The van der Waals surface area contributed by atoms with Crippen molar-refractivity contribution in [3.63, 3.8) is 0 Å². The monoisotopic (exact) mass is 290 g/mol. The van der Waals surface area contributed by atoms with E-state index >= 15 is 0 Å². The zero-order chi connectivity index (χ0) is 14.1. The molecule has 2 aliphatic rings. The van der Waals surface area contributed by atoms with E-state index in [0.29, 0.717) is 16.6 Å². The maximum Gasteiger partial charge on any atom is 0.276 e. The lowest BCUT2D eigenvalue weighted by atomic mass is 9.94. The summed E-state index contributed by atoms with van der Waals surface area (Å²) in [6.45, 7) is 1.88. The lowest BCUT2D eigenvalue weighted by Gasteiger charge is -2.29. The topological polar surface area (TPSA) is 45.5 Å². The van der Waals surface area contributed by atoms with Crippen LogP contribution in [0.4, 0.5) is 0 Å². The molecule has 0 bridgehead atoms. The maximum atomic E-state index is 12.5. The van der Waals surface area contributed by atoms with Gasteiger partial charge in [0.2, 0.25) is 0 Å². The second kappa shape index (κ2) is 5.40. The predicted molar refractivity (Wildman–Crippen MR) is 80.9 cm³/mol. The van der Waals surface area contributed by atoms with Gasteiger partial charge in [0.05, 0.1) is 0 Å². The number of rotatable bonds is 2. The van der Waals surface area contributed by atoms with E-state index in [1.54, 1.807) is 11.0 Å². The van der Waals surface area contributed by atoms with E-state index in [4.69, 9.17) is 16.6 Å². The molecule has 1 aromatic rings. The van der Waals surface area contributed by atoms with Crippen LogP contribution in [0.2, 0.25) is 0 Å². The summed E-state index contributed by atoms with van der Waals surface area (Å²) in [5, 5.41) is 3.54. The summed E-state index contributed by atoms with van der Waals surface area (Å²) in [4.78, 5) is 14.2. The van der Waals surface area contributed by atoms with Gasteiger partial charge in [0.15, 0.2) is 5.11 Å². The van der Waals surface area contributed by atoms with Crippen molar-refractivity contribution in [1.29, 1.82) is 0 Å². The van der Waals surface area contributed by atoms with Crippen LogP contribution in [0.5, 0.6) is 0 Å². The summed E-state index contributed by atoms with van der Waals surface area (Å²) in [5.41, 5.74) is 0.509. The first-order valence-corrected chi connectivity index (χ1v) is 7.48. The summed E-state index contributed by atoms with van der Waals surface area (Å²) >= 11 is 5.32. The lowest BCUT2D eigenvalue weighted by molar-refractivity contribution is -0.124. The maximum absolute atomic E-state index is 12.5. The van der Waals surface area contributed by atoms with Crippen LogP contribution < -0.4 is 5.32 Å². The fourth-order valence-corrected chi connectivity index (χ4v) is 3.23. The lowest BCUT2D eigenvalue weighted by Crippen LogP contribution is -2.41. The molecule has 2 fully saturated rings. The summed E-state index contributed by atoms with van der Waals surface area (Å²) in [6, 6.07) is 3.98. The third kappa shape index (κ3) is 2.50. The Morgan fingerprint density at radius 2 is 2.10 bits per heavy atom. The number of nitrogens with one attached hydrogen (secondary N) is 1. The zero-order valence-electron chi connectivity index (χ0n) is 11.5. The molecule has 0 spiro atoms. The standard InChI is InChI=1S/C15H18N2O2S/c1-10-7-8-12(19-10)9-13-14(18)17(15(20)16-13)11-5-3-2-4-6-11/h7-9,11H,2-6H2,1H3,(H,16,20). The largest absolute Gasteiger partial charge is 0.462 e. The second-order valence-electron chi connectivity index (χ2n) is 5.40. The quantitative estimate of drug-likeness (QED) is 0.672.